The maximum Gasteiger partial charge on any atom is 0.315 e. The van der Waals surface area contributed by atoms with E-state index in [9.17, 15) is 9.90 Å². The van der Waals surface area contributed by atoms with E-state index < -0.39 is 0 Å². The van der Waals surface area contributed by atoms with Crippen molar-refractivity contribution in [1.29, 1.82) is 0 Å². The maximum absolute atomic E-state index is 11.8. The van der Waals surface area contributed by atoms with Crippen LogP contribution in [-0.2, 0) is 6.54 Å². The summed E-state index contributed by atoms with van der Waals surface area (Å²) < 4.78 is 0. The van der Waals surface area contributed by atoms with Gasteiger partial charge in [-0.15, -0.1) is 11.3 Å². The second-order valence-corrected chi connectivity index (χ2v) is 6.97. The van der Waals surface area contributed by atoms with Gasteiger partial charge in [-0.1, -0.05) is 20.3 Å². The summed E-state index contributed by atoms with van der Waals surface area (Å²) in [5, 5.41) is 18.4. The molecule has 0 aromatic carbocycles. The normalized spacial score (nSPS) is 22.3. The Hall–Kier alpha value is -1.14. The van der Waals surface area contributed by atoms with Crippen molar-refractivity contribution in [3.63, 3.8) is 0 Å². The second kappa shape index (κ2) is 7.75. The van der Waals surface area contributed by atoms with Crippen molar-refractivity contribution >= 4 is 17.4 Å². The third-order valence-electron chi connectivity index (χ3n) is 3.80. The largest absolute Gasteiger partial charge is 0.393 e. The molecular formula is C15H25N3O2S. The molecule has 0 bridgehead atoms. The topological polar surface area (TPSA) is 74.2 Å². The molecule has 0 saturated heterocycles. The van der Waals surface area contributed by atoms with E-state index in [4.69, 9.17) is 0 Å². The van der Waals surface area contributed by atoms with Crippen molar-refractivity contribution in [2.45, 2.75) is 58.1 Å². The molecule has 1 saturated carbocycles. The highest BCUT2D eigenvalue weighted by Crippen LogP contribution is 2.23. The highest BCUT2D eigenvalue weighted by atomic mass is 32.1. The van der Waals surface area contributed by atoms with Crippen LogP contribution in [-0.4, -0.2) is 28.8 Å². The van der Waals surface area contributed by atoms with Crippen LogP contribution in [0.5, 0.6) is 0 Å². The predicted molar refractivity (Wildman–Crippen MR) is 84.4 cm³/mol. The molecule has 2 unspecified atom stereocenters. The van der Waals surface area contributed by atoms with E-state index in [0.29, 0.717) is 24.9 Å². The van der Waals surface area contributed by atoms with Gasteiger partial charge in [0.2, 0.25) is 0 Å². The summed E-state index contributed by atoms with van der Waals surface area (Å²) in [4.78, 5) is 16.3. The molecule has 0 radical (unpaired) electrons. The smallest absolute Gasteiger partial charge is 0.315 e. The summed E-state index contributed by atoms with van der Waals surface area (Å²) in [6.45, 7) is 5.32. The van der Waals surface area contributed by atoms with Gasteiger partial charge >= 0.3 is 6.03 Å². The first-order valence-electron chi connectivity index (χ1n) is 7.68. The lowest BCUT2D eigenvalue weighted by Crippen LogP contribution is -2.39. The maximum atomic E-state index is 11.8. The molecule has 1 aromatic heterocycles. The minimum Gasteiger partial charge on any atom is -0.393 e. The van der Waals surface area contributed by atoms with Gasteiger partial charge in [0, 0.05) is 17.8 Å². The predicted octanol–water partition coefficient (Wildman–Crippen LogP) is 2.62. The molecule has 0 spiro atoms. The Balaban J connectivity index is 1.67. The molecule has 21 heavy (non-hydrogen) atoms. The van der Waals surface area contributed by atoms with E-state index in [1.165, 1.54) is 0 Å². The van der Waals surface area contributed by atoms with E-state index in [1.54, 1.807) is 11.3 Å². The van der Waals surface area contributed by atoms with Crippen molar-refractivity contribution in [2.75, 3.05) is 6.54 Å². The molecule has 2 amide bonds. The summed E-state index contributed by atoms with van der Waals surface area (Å²) in [5.41, 5.74) is 0.909. The van der Waals surface area contributed by atoms with Gasteiger partial charge in [0.15, 0.2) is 0 Å². The van der Waals surface area contributed by atoms with Crippen LogP contribution < -0.4 is 10.6 Å². The van der Waals surface area contributed by atoms with Gasteiger partial charge in [-0.05, 0) is 25.2 Å². The molecule has 6 heteroatoms. The van der Waals surface area contributed by atoms with Gasteiger partial charge in [-0.2, -0.15) is 0 Å². The summed E-state index contributed by atoms with van der Waals surface area (Å²) >= 11 is 1.64. The molecule has 1 aliphatic carbocycles. The molecule has 1 aliphatic rings. The number of aliphatic hydroxyl groups is 1. The Morgan fingerprint density at radius 1 is 1.48 bits per heavy atom. The fourth-order valence-corrected chi connectivity index (χ4v) is 3.42. The van der Waals surface area contributed by atoms with Gasteiger partial charge in [0.05, 0.1) is 23.4 Å². The second-order valence-electron chi connectivity index (χ2n) is 6.08. The summed E-state index contributed by atoms with van der Waals surface area (Å²) in [6.07, 6.45) is 3.63. The lowest BCUT2D eigenvalue weighted by molar-refractivity contribution is 0.101. The Labute approximate surface area is 130 Å². The van der Waals surface area contributed by atoms with Crippen LogP contribution in [0, 0.1) is 5.92 Å². The van der Waals surface area contributed by atoms with E-state index >= 15 is 0 Å². The van der Waals surface area contributed by atoms with Crippen LogP contribution in [0.4, 0.5) is 4.79 Å². The Bertz CT molecular complexity index is 462. The van der Waals surface area contributed by atoms with Crippen molar-refractivity contribution < 1.29 is 9.90 Å². The Morgan fingerprint density at radius 3 is 2.95 bits per heavy atom. The van der Waals surface area contributed by atoms with Gasteiger partial charge in [0.25, 0.3) is 0 Å². The zero-order valence-electron chi connectivity index (χ0n) is 12.8. The molecule has 5 nitrogen and oxygen atoms in total. The van der Waals surface area contributed by atoms with Crippen LogP contribution in [0.2, 0.25) is 0 Å². The highest BCUT2D eigenvalue weighted by molar-refractivity contribution is 7.09. The number of amides is 2. The molecule has 118 valence electrons. The molecule has 2 atom stereocenters. The number of urea groups is 1. The average molecular weight is 311 g/mol. The first kappa shape index (κ1) is 16.2. The lowest BCUT2D eigenvalue weighted by Gasteiger charge is -2.25. The molecular weight excluding hydrogens is 286 g/mol. The number of thiazole rings is 1. The molecule has 0 aliphatic heterocycles. The van der Waals surface area contributed by atoms with Crippen molar-refractivity contribution in [1.82, 2.24) is 15.6 Å². The van der Waals surface area contributed by atoms with Crippen molar-refractivity contribution in [3.05, 3.63) is 16.1 Å². The van der Waals surface area contributed by atoms with Crippen molar-refractivity contribution in [3.8, 4) is 0 Å². The van der Waals surface area contributed by atoms with Gasteiger partial charge < -0.3 is 15.7 Å². The summed E-state index contributed by atoms with van der Waals surface area (Å²) in [6, 6.07) is -0.158. The Morgan fingerprint density at radius 2 is 2.29 bits per heavy atom. The van der Waals surface area contributed by atoms with E-state index in [0.717, 1.165) is 36.4 Å². The first-order chi connectivity index (χ1) is 10.0. The lowest BCUT2D eigenvalue weighted by atomic mass is 9.87. The minimum atomic E-state index is -0.196. The quantitative estimate of drug-likeness (QED) is 0.782. The van der Waals surface area contributed by atoms with E-state index in [-0.39, 0.29) is 12.1 Å². The first-order valence-corrected chi connectivity index (χ1v) is 8.56. The van der Waals surface area contributed by atoms with Crippen LogP contribution in [0.15, 0.2) is 5.38 Å². The molecule has 1 fully saturated rings. The summed E-state index contributed by atoms with van der Waals surface area (Å²) in [5.74, 6) is 0.821. The monoisotopic (exact) mass is 311 g/mol. The Kier molecular flexibility index (Phi) is 5.99. The SMILES string of the molecule is CC(C)c1nc(CNC(=O)NCC2CCCC(O)C2)cs1. The van der Waals surface area contributed by atoms with Crippen LogP contribution >= 0.6 is 11.3 Å². The number of carbonyl (C=O) groups excluding carboxylic acids is 1. The fraction of sp³-hybridized carbons (Fsp3) is 0.733. The number of nitrogens with one attached hydrogen (secondary N) is 2. The highest BCUT2D eigenvalue weighted by Gasteiger charge is 2.20. The third-order valence-corrected chi connectivity index (χ3v) is 4.99. The van der Waals surface area contributed by atoms with Crippen LogP contribution in [0.25, 0.3) is 0 Å². The fourth-order valence-electron chi connectivity index (χ4n) is 2.59. The number of rotatable bonds is 5. The minimum absolute atomic E-state index is 0.158. The third kappa shape index (κ3) is 5.28. The van der Waals surface area contributed by atoms with E-state index in [1.807, 2.05) is 5.38 Å². The molecule has 3 N–H and O–H groups in total. The number of aliphatic hydroxyl groups excluding tert-OH is 1. The molecule has 2 rings (SSSR count). The zero-order chi connectivity index (χ0) is 15.2. The number of hydrogen-bond acceptors (Lipinski definition) is 4. The zero-order valence-corrected chi connectivity index (χ0v) is 13.6. The average Bonchev–Trinajstić information content (AvgIpc) is 2.92. The number of hydrogen-bond donors (Lipinski definition) is 3. The van der Waals surface area contributed by atoms with Gasteiger partial charge in [0.1, 0.15) is 0 Å². The van der Waals surface area contributed by atoms with E-state index in [2.05, 4.69) is 29.5 Å². The van der Waals surface area contributed by atoms with Crippen molar-refractivity contribution in [2.24, 2.45) is 5.92 Å². The number of aromatic nitrogens is 1. The van der Waals surface area contributed by atoms with Gasteiger partial charge in [-0.25, -0.2) is 9.78 Å². The summed E-state index contributed by atoms with van der Waals surface area (Å²) in [7, 11) is 0. The molecule has 1 heterocycles. The number of nitrogens with zero attached hydrogens (tertiary/aromatic N) is 1. The standard InChI is InChI=1S/C15H25N3O2S/c1-10(2)14-18-12(9-21-14)8-17-15(20)16-7-11-4-3-5-13(19)6-11/h9-11,13,19H,3-8H2,1-2H3,(H2,16,17,20). The van der Waals surface area contributed by atoms with Crippen LogP contribution in [0.3, 0.4) is 0 Å². The molecule has 1 aromatic rings. The number of carbonyl (C=O) groups is 1. The van der Waals surface area contributed by atoms with Gasteiger partial charge in [-0.3, -0.25) is 0 Å². The van der Waals surface area contributed by atoms with Crippen LogP contribution in [0.1, 0.15) is 56.2 Å².